The topological polar surface area (TPSA) is 146 Å². The molecule has 1 aliphatic rings. The van der Waals surface area contributed by atoms with Crippen LogP contribution in [0.2, 0.25) is 0 Å². The number of aliphatic hydroxyl groups is 5. The second-order valence-electron chi connectivity index (χ2n) is 9.35. The molecule has 5 N–H and O–H groups in total. The summed E-state index contributed by atoms with van der Waals surface area (Å²) in [7, 11) is 0. The molecule has 0 unspecified atom stereocenters. The molecule has 1 saturated heterocycles. The molecular formula is C27H48O9. The molecule has 0 aromatic rings. The van der Waals surface area contributed by atoms with E-state index in [1.165, 1.54) is 25.7 Å². The van der Waals surface area contributed by atoms with Gasteiger partial charge in [-0.1, -0.05) is 63.3 Å². The summed E-state index contributed by atoms with van der Waals surface area (Å²) in [4.78, 5) is 11.9. The summed E-state index contributed by atoms with van der Waals surface area (Å²) in [5.41, 5.74) is 0. The Labute approximate surface area is 215 Å². The number of carbonyl (C=O) groups excluding carboxylic acids is 1. The molecule has 210 valence electrons. The minimum Gasteiger partial charge on any atom is -0.463 e. The molecule has 6 atom stereocenters. The number of ether oxygens (including phenoxy) is 3. The monoisotopic (exact) mass is 516 g/mol. The van der Waals surface area contributed by atoms with Crippen LogP contribution in [0.3, 0.4) is 0 Å². The number of carbonyl (C=O) groups is 1. The third kappa shape index (κ3) is 14.4. The van der Waals surface area contributed by atoms with E-state index in [-0.39, 0.29) is 19.6 Å². The van der Waals surface area contributed by atoms with E-state index in [0.29, 0.717) is 0 Å². The first-order valence-electron chi connectivity index (χ1n) is 13.5. The summed E-state index contributed by atoms with van der Waals surface area (Å²) < 4.78 is 15.5. The molecular weight excluding hydrogens is 468 g/mol. The van der Waals surface area contributed by atoms with E-state index in [0.717, 1.165) is 44.9 Å². The Morgan fingerprint density at radius 3 is 2.17 bits per heavy atom. The van der Waals surface area contributed by atoms with E-state index in [9.17, 15) is 25.2 Å². The van der Waals surface area contributed by atoms with Crippen LogP contribution in [0.25, 0.3) is 0 Å². The molecule has 1 aliphatic heterocycles. The Kier molecular flexibility index (Phi) is 18.8. The van der Waals surface area contributed by atoms with Gasteiger partial charge < -0.3 is 39.7 Å². The van der Waals surface area contributed by atoms with Crippen LogP contribution in [-0.4, -0.2) is 88.1 Å². The first kappa shape index (κ1) is 32.7. The van der Waals surface area contributed by atoms with Gasteiger partial charge in [0, 0.05) is 6.42 Å². The maximum atomic E-state index is 11.9. The minimum absolute atomic E-state index is 0.267. The highest BCUT2D eigenvalue weighted by Gasteiger charge is 2.44. The standard InChI is InChI=1S/C27H48O9/c1-2-3-4-5-6-7-8-9-10-11-12-13-14-15-16-17-23(30)34-19-21(29)20-35-27-26(33)25(32)24(31)22(18-28)36-27/h6-7,9-10,21-22,24-29,31-33H,2-5,8,11-20H2,1H3/b7-6-,10-9-/t21-,22-,24+,25+,26+,27-/m0/s1. The van der Waals surface area contributed by atoms with Gasteiger partial charge in [0.15, 0.2) is 6.29 Å². The maximum absolute atomic E-state index is 11.9. The number of hydrogen-bond acceptors (Lipinski definition) is 9. The van der Waals surface area contributed by atoms with Crippen LogP contribution in [0, 0.1) is 0 Å². The molecule has 9 heteroatoms. The van der Waals surface area contributed by atoms with Crippen LogP contribution in [0.5, 0.6) is 0 Å². The van der Waals surface area contributed by atoms with Crippen molar-refractivity contribution in [2.75, 3.05) is 19.8 Å². The van der Waals surface area contributed by atoms with Crippen molar-refractivity contribution in [3.05, 3.63) is 24.3 Å². The largest absolute Gasteiger partial charge is 0.463 e. The van der Waals surface area contributed by atoms with Crippen molar-refractivity contribution in [1.82, 2.24) is 0 Å². The molecule has 0 spiro atoms. The van der Waals surface area contributed by atoms with Crippen molar-refractivity contribution in [2.24, 2.45) is 0 Å². The first-order valence-corrected chi connectivity index (χ1v) is 13.5. The van der Waals surface area contributed by atoms with Crippen molar-refractivity contribution >= 4 is 5.97 Å². The zero-order valence-corrected chi connectivity index (χ0v) is 21.7. The van der Waals surface area contributed by atoms with Gasteiger partial charge >= 0.3 is 5.97 Å². The number of esters is 1. The summed E-state index contributed by atoms with van der Waals surface area (Å²) in [5, 5.41) is 48.5. The number of hydrogen-bond donors (Lipinski definition) is 5. The van der Waals surface area contributed by atoms with Crippen LogP contribution < -0.4 is 0 Å². The smallest absolute Gasteiger partial charge is 0.305 e. The average molecular weight is 517 g/mol. The van der Waals surface area contributed by atoms with Crippen molar-refractivity contribution in [1.29, 1.82) is 0 Å². The molecule has 0 aromatic carbocycles. The highest BCUT2D eigenvalue weighted by molar-refractivity contribution is 5.69. The lowest BCUT2D eigenvalue weighted by Crippen LogP contribution is -2.59. The van der Waals surface area contributed by atoms with E-state index in [1.54, 1.807) is 0 Å². The zero-order valence-electron chi connectivity index (χ0n) is 21.7. The molecule has 1 heterocycles. The third-order valence-electron chi connectivity index (χ3n) is 6.07. The Balaban J connectivity index is 2.00. The molecule has 0 amide bonds. The van der Waals surface area contributed by atoms with Crippen molar-refractivity contribution in [3.8, 4) is 0 Å². The molecule has 36 heavy (non-hydrogen) atoms. The lowest BCUT2D eigenvalue weighted by molar-refractivity contribution is -0.305. The lowest BCUT2D eigenvalue weighted by Gasteiger charge is -2.39. The number of aliphatic hydroxyl groups excluding tert-OH is 5. The summed E-state index contributed by atoms with van der Waals surface area (Å²) in [6.45, 7) is 1.06. The summed E-state index contributed by atoms with van der Waals surface area (Å²) >= 11 is 0. The first-order chi connectivity index (χ1) is 17.4. The van der Waals surface area contributed by atoms with Crippen LogP contribution in [0.1, 0.15) is 84.0 Å². The van der Waals surface area contributed by atoms with Crippen molar-refractivity contribution < 1.29 is 44.5 Å². The van der Waals surface area contributed by atoms with Gasteiger partial charge in [-0.2, -0.15) is 0 Å². The molecule has 0 aliphatic carbocycles. The van der Waals surface area contributed by atoms with Gasteiger partial charge in [-0.3, -0.25) is 4.79 Å². The molecule has 0 bridgehead atoms. The number of unbranched alkanes of at least 4 members (excludes halogenated alkanes) is 8. The lowest BCUT2D eigenvalue weighted by atomic mass is 9.99. The van der Waals surface area contributed by atoms with E-state index < -0.39 is 49.4 Å². The summed E-state index contributed by atoms with van der Waals surface area (Å²) in [6, 6.07) is 0. The fraction of sp³-hybridized carbons (Fsp3) is 0.815. The van der Waals surface area contributed by atoms with Crippen LogP contribution in [0.15, 0.2) is 24.3 Å². The van der Waals surface area contributed by atoms with Gasteiger partial charge in [0.05, 0.1) is 13.2 Å². The number of allylic oxidation sites excluding steroid dienone is 4. The van der Waals surface area contributed by atoms with Gasteiger partial charge in [0.25, 0.3) is 0 Å². The Morgan fingerprint density at radius 2 is 1.50 bits per heavy atom. The normalized spacial score (nSPS) is 25.6. The fourth-order valence-electron chi connectivity index (χ4n) is 3.80. The van der Waals surface area contributed by atoms with E-state index in [2.05, 4.69) is 31.2 Å². The second-order valence-corrected chi connectivity index (χ2v) is 9.35. The van der Waals surface area contributed by atoms with E-state index in [4.69, 9.17) is 19.3 Å². The molecule has 1 fully saturated rings. The predicted octanol–water partition coefficient (Wildman–Crippen LogP) is 2.52. The average Bonchev–Trinajstić information content (AvgIpc) is 2.88. The van der Waals surface area contributed by atoms with Gasteiger partial charge in [0.1, 0.15) is 37.1 Å². The van der Waals surface area contributed by atoms with Crippen LogP contribution in [0.4, 0.5) is 0 Å². The summed E-state index contributed by atoms with van der Waals surface area (Å²) in [6.07, 6.45) is 13.2. The SMILES string of the molecule is CCCCC/C=C\C/C=C\CCCCCCCC(=O)OC[C@H](O)CO[C@H]1O[C@@H](CO)[C@@H](O)[C@@H](O)[C@H]1O. The van der Waals surface area contributed by atoms with E-state index in [1.807, 2.05) is 0 Å². The Morgan fingerprint density at radius 1 is 0.861 bits per heavy atom. The van der Waals surface area contributed by atoms with Crippen LogP contribution >= 0.6 is 0 Å². The van der Waals surface area contributed by atoms with Crippen molar-refractivity contribution in [2.45, 2.75) is 121 Å². The molecule has 1 rings (SSSR count). The fourth-order valence-corrected chi connectivity index (χ4v) is 3.80. The summed E-state index contributed by atoms with van der Waals surface area (Å²) in [5.74, 6) is -0.396. The Hall–Kier alpha value is -1.33. The molecule has 0 radical (unpaired) electrons. The Bertz CT molecular complexity index is 608. The van der Waals surface area contributed by atoms with Crippen LogP contribution in [-0.2, 0) is 19.0 Å². The third-order valence-corrected chi connectivity index (χ3v) is 6.07. The predicted molar refractivity (Wildman–Crippen MR) is 136 cm³/mol. The van der Waals surface area contributed by atoms with Gasteiger partial charge in [0.2, 0.25) is 0 Å². The highest BCUT2D eigenvalue weighted by Crippen LogP contribution is 2.22. The zero-order chi connectivity index (χ0) is 26.6. The molecule has 0 saturated carbocycles. The van der Waals surface area contributed by atoms with Gasteiger partial charge in [-0.25, -0.2) is 0 Å². The maximum Gasteiger partial charge on any atom is 0.305 e. The number of rotatable bonds is 20. The quantitative estimate of drug-likeness (QED) is 0.0936. The van der Waals surface area contributed by atoms with Crippen molar-refractivity contribution in [3.63, 3.8) is 0 Å². The molecule has 0 aromatic heterocycles. The molecule has 9 nitrogen and oxygen atoms in total. The second kappa shape index (κ2) is 20.7. The van der Waals surface area contributed by atoms with E-state index >= 15 is 0 Å². The van der Waals surface area contributed by atoms with Gasteiger partial charge in [-0.05, 0) is 38.5 Å². The highest BCUT2D eigenvalue weighted by atomic mass is 16.7. The minimum atomic E-state index is -1.56. The van der Waals surface area contributed by atoms with Gasteiger partial charge in [-0.15, -0.1) is 0 Å².